The molecule has 0 amide bonds. The van der Waals surface area contributed by atoms with Gasteiger partial charge in [0.05, 0.1) is 5.71 Å². The van der Waals surface area contributed by atoms with Gasteiger partial charge in [0.2, 0.25) is 0 Å². The van der Waals surface area contributed by atoms with Gasteiger partial charge in [0.1, 0.15) is 5.16 Å². The summed E-state index contributed by atoms with van der Waals surface area (Å²) in [5, 5.41) is 0.567. The predicted molar refractivity (Wildman–Crippen MR) is 90.6 cm³/mol. The molecule has 0 N–H and O–H groups in total. The van der Waals surface area contributed by atoms with Crippen molar-refractivity contribution in [3.8, 4) is 0 Å². The largest absolute Gasteiger partial charge is 0.236 e. The van der Waals surface area contributed by atoms with Crippen LogP contribution in [0.25, 0.3) is 5.57 Å². The van der Waals surface area contributed by atoms with Crippen LogP contribution in [0.5, 0.6) is 0 Å². The summed E-state index contributed by atoms with van der Waals surface area (Å²) in [4.78, 5) is 4.55. The van der Waals surface area contributed by atoms with Crippen LogP contribution >= 0.6 is 11.6 Å². The van der Waals surface area contributed by atoms with Crippen LogP contribution in [0.1, 0.15) is 24.0 Å². The number of rotatable bonds is 2. The first-order valence-corrected chi connectivity index (χ1v) is 7.46. The third-order valence-corrected chi connectivity index (χ3v) is 3.72. The summed E-state index contributed by atoms with van der Waals surface area (Å²) in [7, 11) is 0. The van der Waals surface area contributed by atoms with Gasteiger partial charge in [-0.05, 0) is 36.1 Å². The fraction of sp³-hybridized carbons (Fsp3) is 0.105. The number of hydrogen-bond acceptors (Lipinski definition) is 1. The monoisotopic (exact) mass is 293 g/mol. The minimum Gasteiger partial charge on any atom is -0.236 e. The van der Waals surface area contributed by atoms with Gasteiger partial charge < -0.3 is 0 Å². The summed E-state index contributed by atoms with van der Waals surface area (Å²) in [5.74, 6) is 0. The van der Waals surface area contributed by atoms with Crippen LogP contribution in [0.4, 0.5) is 0 Å². The summed E-state index contributed by atoms with van der Waals surface area (Å²) in [6, 6.07) is 20.6. The number of halogens is 1. The quantitative estimate of drug-likeness (QED) is 0.654. The van der Waals surface area contributed by atoms with E-state index >= 15 is 0 Å². The van der Waals surface area contributed by atoms with Crippen LogP contribution in [0.2, 0.25) is 0 Å². The molecule has 0 unspecified atom stereocenters. The van der Waals surface area contributed by atoms with Gasteiger partial charge in [0.25, 0.3) is 0 Å². The first-order valence-electron chi connectivity index (χ1n) is 7.09. The lowest BCUT2D eigenvalue weighted by atomic mass is 9.97. The molecule has 0 saturated carbocycles. The number of allylic oxidation sites excluding steroid dienone is 3. The summed E-state index contributed by atoms with van der Waals surface area (Å²) in [5.41, 5.74) is 4.53. The van der Waals surface area contributed by atoms with Crippen LogP contribution in [-0.4, -0.2) is 5.71 Å². The molecule has 0 fully saturated rings. The Bertz CT molecular complexity index is 697. The normalized spacial score (nSPS) is 17.9. The maximum absolute atomic E-state index is 6.18. The molecule has 3 rings (SSSR count). The number of aliphatic imine (C=N–C) groups is 1. The van der Waals surface area contributed by atoms with Crippen molar-refractivity contribution >= 4 is 22.9 Å². The molecular formula is C19H16ClN. The highest BCUT2D eigenvalue weighted by Crippen LogP contribution is 2.25. The van der Waals surface area contributed by atoms with E-state index in [4.69, 9.17) is 11.6 Å². The Labute approximate surface area is 130 Å². The Morgan fingerprint density at radius 3 is 2.10 bits per heavy atom. The van der Waals surface area contributed by atoms with Crippen LogP contribution in [0.15, 0.2) is 83.0 Å². The van der Waals surface area contributed by atoms with Crippen molar-refractivity contribution in [1.82, 2.24) is 0 Å². The van der Waals surface area contributed by atoms with Crippen LogP contribution in [0.3, 0.4) is 0 Å². The molecule has 0 aromatic heterocycles. The Kier molecular flexibility index (Phi) is 4.32. The van der Waals surface area contributed by atoms with Crippen molar-refractivity contribution in [1.29, 1.82) is 0 Å². The minimum atomic E-state index is 0.567. The molecule has 0 aliphatic carbocycles. The predicted octanol–water partition coefficient (Wildman–Crippen LogP) is 5.43. The van der Waals surface area contributed by atoms with Gasteiger partial charge in [0.15, 0.2) is 0 Å². The third kappa shape index (κ3) is 3.50. The van der Waals surface area contributed by atoms with E-state index in [2.05, 4.69) is 47.5 Å². The average Bonchev–Trinajstić information content (AvgIpc) is 2.52. The van der Waals surface area contributed by atoms with Crippen molar-refractivity contribution in [2.45, 2.75) is 12.8 Å². The Hall–Kier alpha value is -2.12. The van der Waals surface area contributed by atoms with E-state index in [-0.39, 0.29) is 0 Å². The van der Waals surface area contributed by atoms with Crippen molar-refractivity contribution in [2.24, 2.45) is 4.99 Å². The van der Waals surface area contributed by atoms with Gasteiger partial charge in [-0.3, -0.25) is 0 Å². The average molecular weight is 294 g/mol. The van der Waals surface area contributed by atoms with Gasteiger partial charge >= 0.3 is 0 Å². The molecule has 1 aliphatic heterocycles. The van der Waals surface area contributed by atoms with Gasteiger partial charge in [-0.1, -0.05) is 72.3 Å². The number of benzene rings is 2. The number of hydrogen-bond donors (Lipinski definition) is 0. The lowest BCUT2D eigenvalue weighted by molar-refractivity contribution is 1.06. The smallest absolute Gasteiger partial charge is 0.125 e. The molecule has 0 saturated heterocycles. The molecule has 0 bridgehead atoms. The summed E-state index contributed by atoms with van der Waals surface area (Å²) < 4.78 is 0. The fourth-order valence-corrected chi connectivity index (χ4v) is 2.61. The Balaban J connectivity index is 2.07. The molecule has 0 atom stereocenters. The Morgan fingerprint density at radius 2 is 1.43 bits per heavy atom. The first-order chi connectivity index (χ1) is 10.3. The topological polar surface area (TPSA) is 12.4 Å². The zero-order chi connectivity index (χ0) is 14.5. The zero-order valence-electron chi connectivity index (χ0n) is 11.7. The molecule has 104 valence electrons. The molecule has 2 heteroatoms. The van der Waals surface area contributed by atoms with Crippen LogP contribution in [-0.2, 0) is 0 Å². The van der Waals surface area contributed by atoms with Gasteiger partial charge in [0, 0.05) is 5.56 Å². The number of nitrogens with zero attached hydrogens (tertiary/aromatic N) is 1. The lowest BCUT2D eigenvalue weighted by Crippen LogP contribution is -2.00. The zero-order valence-corrected chi connectivity index (χ0v) is 12.4. The minimum absolute atomic E-state index is 0.567. The molecule has 0 spiro atoms. The SMILES string of the molecule is ClC1=CCC/C(c2ccccc2)=C/C(c2ccccc2)=N1. The van der Waals surface area contributed by atoms with E-state index in [9.17, 15) is 0 Å². The lowest BCUT2D eigenvalue weighted by Gasteiger charge is -2.11. The highest BCUT2D eigenvalue weighted by Gasteiger charge is 2.08. The second-order valence-electron chi connectivity index (χ2n) is 4.96. The molecule has 21 heavy (non-hydrogen) atoms. The molecule has 1 aliphatic rings. The van der Waals surface area contributed by atoms with Crippen LogP contribution in [0, 0.1) is 0 Å². The summed E-state index contributed by atoms with van der Waals surface area (Å²) >= 11 is 6.18. The molecule has 0 radical (unpaired) electrons. The van der Waals surface area contributed by atoms with E-state index in [0.717, 1.165) is 24.1 Å². The van der Waals surface area contributed by atoms with E-state index in [1.807, 2.05) is 30.3 Å². The highest BCUT2D eigenvalue weighted by atomic mass is 35.5. The second-order valence-corrected chi connectivity index (χ2v) is 5.35. The van der Waals surface area contributed by atoms with Gasteiger partial charge in [-0.2, -0.15) is 0 Å². The maximum atomic E-state index is 6.18. The molecule has 1 nitrogen and oxygen atoms in total. The van der Waals surface area contributed by atoms with Crippen molar-refractivity contribution in [3.63, 3.8) is 0 Å². The Morgan fingerprint density at radius 1 is 0.810 bits per heavy atom. The summed E-state index contributed by atoms with van der Waals surface area (Å²) in [6.07, 6.45) is 6.01. The van der Waals surface area contributed by atoms with Gasteiger partial charge in [-0.15, -0.1) is 0 Å². The molecule has 1 heterocycles. The second kappa shape index (κ2) is 6.55. The molecule has 2 aromatic rings. The van der Waals surface area contributed by atoms with E-state index in [0.29, 0.717) is 5.16 Å². The van der Waals surface area contributed by atoms with Gasteiger partial charge in [-0.25, -0.2) is 4.99 Å². The standard InChI is InChI=1S/C19H16ClN/c20-19-13-7-12-17(15-8-3-1-4-9-15)14-18(21-19)16-10-5-2-6-11-16/h1-6,8-11,13-14H,7,12H2/b17-14-,19-13?,21-18?. The van der Waals surface area contributed by atoms with E-state index < -0.39 is 0 Å². The summed E-state index contributed by atoms with van der Waals surface area (Å²) in [6.45, 7) is 0. The van der Waals surface area contributed by atoms with Crippen molar-refractivity contribution in [3.05, 3.63) is 89.1 Å². The highest BCUT2D eigenvalue weighted by molar-refractivity contribution is 6.31. The van der Waals surface area contributed by atoms with Crippen LogP contribution < -0.4 is 0 Å². The van der Waals surface area contributed by atoms with Crippen molar-refractivity contribution < 1.29 is 0 Å². The van der Waals surface area contributed by atoms with E-state index in [1.54, 1.807) is 0 Å². The molecule has 2 aromatic carbocycles. The van der Waals surface area contributed by atoms with Crippen molar-refractivity contribution in [2.75, 3.05) is 0 Å². The fourth-order valence-electron chi connectivity index (χ4n) is 2.41. The van der Waals surface area contributed by atoms with E-state index in [1.165, 1.54) is 11.1 Å². The third-order valence-electron chi connectivity index (χ3n) is 3.48. The first kappa shape index (κ1) is 13.8. The maximum Gasteiger partial charge on any atom is 0.125 e. The molecular weight excluding hydrogens is 278 g/mol.